The van der Waals surface area contributed by atoms with Gasteiger partial charge in [-0.3, -0.25) is 0 Å². The summed E-state index contributed by atoms with van der Waals surface area (Å²) in [5.41, 5.74) is 1.12. The van der Waals surface area contributed by atoms with E-state index in [1.807, 2.05) is 0 Å². The molecular formula is C12H13FO. The molecular weight excluding hydrogens is 179 g/mol. The maximum absolute atomic E-state index is 13.1. The fraction of sp³-hybridized carbons (Fsp3) is 0.333. The number of hydrogen-bond donors (Lipinski definition) is 1. The molecule has 1 unspecified atom stereocenters. The average molecular weight is 192 g/mol. The largest absolute Gasteiger partial charge is 0.388 e. The topological polar surface area (TPSA) is 20.2 Å². The van der Waals surface area contributed by atoms with Crippen molar-refractivity contribution in [1.29, 1.82) is 0 Å². The van der Waals surface area contributed by atoms with Crippen molar-refractivity contribution in [3.8, 4) is 12.3 Å². The Balaban J connectivity index is 2.85. The molecule has 0 saturated carbocycles. The molecule has 2 heteroatoms. The molecule has 1 nitrogen and oxygen atoms in total. The fourth-order valence-electron chi connectivity index (χ4n) is 1.36. The van der Waals surface area contributed by atoms with Crippen LogP contribution in [0.1, 0.15) is 30.1 Å². The molecule has 0 radical (unpaired) electrons. The first kappa shape index (κ1) is 10.7. The van der Waals surface area contributed by atoms with Crippen molar-refractivity contribution in [1.82, 2.24) is 0 Å². The third-order valence-electron chi connectivity index (χ3n) is 2.23. The molecule has 1 aromatic carbocycles. The lowest BCUT2D eigenvalue weighted by Crippen LogP contribution is -2.01. The smallest absolute Gasteiger partial charge is 0.126 e. The van der Waals surface area contributed by atoms with E-state index in [-0.39, 0.29) is 5.82 Å². The minimum Gasteiger partial charge on any atom is -0.388 e. The predicted octanol–water partition coefficient (Wildman–Crippen LogP) is 2.58. The van der Waals surface area contributed by atoms with Crippen LogP contribution in [0.25, 0.3) is 0 Å². The third kappa shape index (κ3) is 2.34. The Hall–Kier alpha value is -1.33. The molecule has 1 rings (SSSR count). The van der Waals surface area contributed by atoms with Gasteiger partial charge in [-0.2, -0.15) is 0 Å². The van der Waals surface area contributed by atoms with Crippen molar-refractivity contribution in [3.63, 3.8) is 0 Å². The zero-order valence-corrected chi connectivity index (χ0v) is 8.13. The Kier molecular flexibility index (Phi) is 3.67. The van der Waals surface area contributed by atoms with Gasteiger partial charge in [0.15, 0.2) is 0 Å². The van der Waals surface area contributed by atoms with E-state index in [4.69, 9.17) is 6.42 Å². The second-order valence-electron chi connectivity index (χ2n) is 3.21. The van der Waals surface area contributed by atoms with Crippen LogP contribution in [-0.4, -0.2) is 5.11 Å². The Labute approximate surface area is 83.6 Å². The van der Waals surface area contributed by atoms with Gasteiger partial charge in [-0.25, -0.2) is 4.39 Å². The lowest BCUT2D eigenvalue weighted by atomic mass is 10.00. The van der Waals surface area contributed by atoms with Crippen LogP contribution in [0, 0.1) is 25.1 Å². The van der Waals surface area contributed by atoms with Crippen LogP contribution in [-0.2, 0) is 0 Å². The molecule has 0 heterocycles. The Bertz CT molecular complexity index is 352. The van der Waals surface area contributed by atoms with E-state index in [1.165, 1.54) is 6.07 Å². The monoisotopic (exact) mass is 192 g/mol. The van der Waals surface area contributed by atoms with E-state index < -0.39 is 6.10 Å². The van der Waals surface area contributed by atoms with Crippen LogP contribution in [0.4, 0.5) is 4.39 Å². The Morgan fingerprint density at radius 1 is 1.57 bits per heavy atom. The summed E-state index contributed by atoms with van der Waals surface area (Å²) < 4.78 is 13.1. The Morgan fingerprint density at radius 2 is 2.29 bits per heavy atom. The lowest BCUT2D eigenvalue weighted by molar-refractivity contribution is 0.168. The van der Waals surface area contributed by atoms with Gasteiger partial charge >= 0.3 is 0 Å². The highest BCUT2D eigenvalue weighted by atomic mass is 19.1. The number of aliphatic hydroxyl groups is 1. The van der Waals surface area contributed by atoms with Crippen LogP contribution >= 0.6 is 0 Å². The quantitative estimate of drug-likeness (QED) is 0.730. The van der Waals surface area contributed by atoms with Gasteiger partial charge in [0.1, 0.15) is 5.82 Å². The van der Waals surface area contributed by atoms with Crippen LogP contribution in [0.5, 0.6) is 0 Å². The molecule has 0 aromatic heterocycles. The summed E-state index contributed by atoms with van der Waals surface area (Å²) in [5, 5.41) is 9.69. The first-order valence-corrected chi connectivity index (χ1v) is 4.53. The fourth-order valence-corrected chi connectivity index (χ4v) is 1.36. The minimum atomic E-state index is -0.665. The van der Waals surface area contributed by atoms with Crippen molar-refractivity contribution < 1.29 is 9.50 Å². The van der Waals surface area contributed by atoms with Gasteiger partial charge in [-0.05, 0) is 30.5 Å². The summed E-state index contributed by atoms with van der Waals surface area (Å²) in [5.74, 6) is 2.16. The summed E-state index contributed by atoms with van der Waals surface area (Å²) in [6, 6.07) is 4.70. The van der Waals surface area contributed by atoms with E-state index >= 15 is 0 Å². The zero-order chi connectivity index (χ0) is 10.6. The SMILES string of the molecule is C#CCCC(O)c1cccc(F)c1C. The molecule has 0 aliphatic carbocycles. The second-order valence-corrected chi connectivity index (χ2v) is 3.21. The van der Waals surface area contributed by atoms with Crippen LogP contribution in [0.15, 0.2) is 18.2 Å². The van der Waals surface area contributed by atoms with E-state index in [1.54, 1.807) is 19.1 Å². The van der Waals surface area contributed by atoms with Crippen molar-refractivity contribution in [3.05, 3.63) is 35.1 Å². The summed E-state index contributed by atoms with van der Waals surface area (Å²) in [6.07, 6.45) is 5.39. The molecule has 0 spiro atoms. The number of benzene rings is 1. The van der Waals surface area contributed by atoms with Crippen LogP contribution < -0.4 is 0 Å². The molecule has 0 aliphatic rings. The number of halogens is 1. The normalized spacial score (nSPS) is 12.1. The second kappa shape index (κ2) is 4.78. The van der Waals surface area contributed by atoms with Gasteiger partial charge in [0.25, 0.3) is 0 Å². The maximum atomic E-state index is 13.1. The average Bonchev–Trinajstić information content (AvgIpc) is 2.18. The van der Waals surface area contributed by atoms with Gasteiger partial charge in [0, 0.05) is 6.42 Å². The molecule has 0 amide bonds. The summed E-state index contributed by atoms with van der Waals surface area (Å²) in [7, 11) is 0. The van der Waals surface area contributed by atoms with Crippen molar-refractivity contribution in [2.24, 2.45) is 0 Å². The maximum Gasteiger partial charge on any atom is 0.126 e. The van der Waals surface area contributed by atoms with Crippen molar-refractivity contribution in [2.45, 2.75) is 25.9 Å². The summed E-state index contributed by atoms with van der Waals surface area (Å²) >= 11 is 0. The standard InChI is InChI=1S/C12H13FO/c1-3-4-8-12(14)10-6-5-7-11(13)9(10)2/h1,5-7,12,14H,4,8H2,2H3. The highest BCUT2D eigenvalue weighted by Crippen LogP contribution is 2.23. The van der Waals surface area contributed by atoms with E-state index in [2.05, 4.69) is 5.92 Å². The number of rotatable bonds is 3. The van der Waals surface area contributed by atoms with Crippen LogP contribution in [0.3, 0.4) is 0 Å². The molecule has 0 bridgehead atoms. The van der Waals surface area contributed by atoms with Gasteiger partial charge in [0.2, 0.25) is 0 Å². The molecule has 74 valence electrons. The molecule has 0 aliphatic heterocycles. The van der Waals surface area contributed by atoms with Gasteiger partial charge in [-0.15, -0.1) is 12.3 Å². The minimum absolute atomic E-state index is 0.290. The zero-order valence-electron chi connectivity index (χ0n) is 8.13. The Morgan fingerprint density at radius 3 is 2.93 bits per heavy atom. The number of aliphatic hydroxyl groups excluding tert-OH is 1. The van der Waals surface area contributed by atoms with E-state index in [9.17, 15) is 9.50 Å². The van der Waals surface area contributed by atoms with Crippen LogP contribution in [0.2, 0.25) is 0 Å². The number of hydrogen-bond acceptors (Lipinski definition) is 1. The van der Waals surface area contributed by atoms with Crippen molar-refractivity contribution in [2.75, 3.05) is 0 Å². The summed E-state index contributed by atoms with van der Waals surface area (Å²) in [4.78, 5) is 0. The lowest BCUT2D eigenvalue weighted by Gasteiger charge is -2.12. The van der Waals surface area contributed by atoms with E-state index in [0.29, 0.717) is 24.0 Å². The molecule has 1 aromatic rings. The predicted molar refractivity (Wildman–Crippen MR) is 54.2 cm³/mol. The molecule has 14 heavy (non-hydrogen) atoms. The molecule has 1 atom stereocenters. The van der Waals surface area contributed by atoms with Crippen molar-refractivity contribution >= 4 is 0 Å². The first-order chi connectivity index (χ1) is 6.66. The highest BCUT2D eigenvalue weighted by molar-refractivity contribution is 5.29. The third-order valence-corrected chi connectivity index (χ3v) is 2.23. The highest BCUT2D eigenvalue weighted by Gasteiger charge is 2.11. The molecule has 1 N–H and O–H groups in total. The molecule has 0 fully saturated rings. The summed E-state index contributed by atoms with van der Waals surface area (Å²) in [6.45, 7) is 1.66. The first-order valence-electron chi connectivity index (χ1n) is 4.53. The van der Waals surface area contributed by atoms with E-state index in [0.717, 1.165) is 0 Å². The van der Waals surface area contributed by atoms with Gasteiger partial charge < -0.3 is 5.11 Å². The number of terminal acetylenes is 1. The molecule has 0 saturated heterocycles. The van der Waals surface area contributed by atoms with Gasteiger partial charge in [-0.1, -0.05) is 12.1 Å². The van der Waals surface area contributed by atoms with Gasteiger partial charge in [0.05, 0.1) is 6.10 Å².